The SMILES string of the molecule is CCOc1nc(N)nc2c1ncn2[C@@H]1O[C@@]2(COP(=O)(N[C@H](C)C(=O)OC(C)C)Oc3ccccc3)CO[C@@H]1[C@@H]2O. The molecule has 2 aromatic heterocycles. The maximum Gasteiger partial charge on any atom is 0.459 e. The minimum absolute atomic E-state index is 0.0273. The summed E-state index contributed by atoms with van der Waals surface area (Å²) in [6, 6.07) is 7.30. The molecular weight excluding hydrogens is 559 g/mol. The number of aliphatic hydroxyl groups excluding tert-OH is 1. The summed E-state index contributed by atoms with van der Waals surface area (Å²) < 4.78 is 49.9. The van der Waals surface area contributed by atoms with E-state index in [0.29, 0.717) is 17.8 Å². The minimum Gasteiger partial charge on any atom is -0.476 e. The number of fused-ring (bicyclic) bond motifs is 3. The van der Waals surface area contributed by atoms with Gasteiger partial charge in [0.05, 0.1) is 32.3 Å². The molecule has 0 amide bonds. The molecule has 3 aromatic rings. The third kappa shape index (κ3) is 5.87. The zero-order valence-electron chi connectivity index (χ0n) is 23.0. The van der Waals surface area contributed by atoms with E-state index in [1.54, 1.807) is 55.7 Å². The molecule has 0 aliphatic carbocycles. The van der Waals surface area contributed by atoms with Crippen molar-refractivity contribution in [2.45, 2.75) is 63.9 Å². The molecule has 222 valence electrons. The van der Waals surface area contributed by atoms with Gasteiger partial charge in [-0.2, -0.15) is 15.1 Å². The summed E-state index contributed by atoms with van der Waals surface area (Å²) in [6.07, 6.45) is -1.80. The van der Waals surface area contributed by atoms with Gasteiger partial charge in [0.1, 0.15) is 29.6 Å². The van der Waals surface area contributed by atoms with Crippen molar-refractivity contribution < 1.29 is 42.5 Å². The summed E-state index contributed by atoms with van der Waals surface area (Å²) in [4.78, 5) is 25.2. The number of aliphatic hydroxyl groups is 1. The standard InChI is InChI=1S/C25H33N6O9P/c1-5-35-21-17-20(28-24(26)29-21)31(13-27-17)22-18-19(32)25(39-22,11-36-18)12-37-41(34,40-16-9-7-6-8-10-16)30-15(4)23(33)38-14(2)3/h6-10,13-15,18-19,22,32H,5,11-12H2,1-4H3,(H,30,34)(H2,26,28,29)/t15-,18-,19+,22-,25-,41?/m1/s1. The summed E-state index contributed by atoms with van der Waals surface area (Å²) in [6.45, 7) is 6.57. The quantitative estimate of drug-likeness (QED) is 0.204. The number of nitrogens with one attached hydrogen (secondary N) is 1. The van der Waals surface area contributed by atoms with E-state index >= 15 is 0 Å². The molecule has 2 bridgehead atoms. The van der Waals surface area contributed by atoms with Gasteiger partial charge in [-0.05, 0) is 39.8 Å². The predicted octanol–water partition coefficient (Wildman–Crippen LogP) is 1.97. The molecule has 6 atom stereocenters. The molecule has 0 spiro atoms. The van der Waals surface area contributed by atoms with E-state index in [1.165, 1.54) is 13.3 Å². The number of carbonyl (C=O) groups is 1. The third-order valence-corrected chi connectivity index (χ3v) is 8.10. The molecule has 0 saturated carbocycles. The number of esters is 1. The summed E-state index contributed by atoms with van der Waals surface area (Å²) in [5, 5.41) is 13.8. The lowest BCUT2D eigenvalue weighted by Crippen LogP contribution is -2.46. The van der Waals surface area contributed by atoms with Crippen molar-refractivity contribution in [2.75, 3.05) is 25.6 Å². The van der Waals surface area contributed by atoms with Crippen LogP contribution in [0.3, 0.4) is 0 Å². The maximum absolute atomic E-state index is 13.9. The molecule has 15 nitrogen and oxygen atoms in total. The second-order valence-electron chi connectivity index (χ2n) is 9.95. The highest BCUT2D eigenvalue weighted by Gasteiger charge is 2.63. The molecule has 16 heteroatoms. The molecular formula is C25H33N6O9P. The van der Waals surface area contributed by atoms with E-state index < -0.39 is 50.4 Å². The Hall–Kier alpha value is -3.33. The van der Waals surface area contributed by atoms with Gasteiger partial charge >= 0.3 is 13.7 Å². The topological polar surface area (TPSA) is 191 Å². The second-order valence-corrected chi connectivity index (χ2v) is 11.6. The van der Waals surface area contributed by atoms with Gasteiger partial charge in [0, 0.05) is 0 Å². The normalized spacial score (nSPS) is 25.8. The van der Waals surface area contributed by atoms with Gasteiger partial charge in [-0.15, -0.1) is 0 Å². The Morgan fingerprint density at radius 2 is 2.05 bits per heavy atom. The van der Waals surface area contributed by atoms with Gasteiger partial charge < -0.3 is 34.3 Å². The molecule has 2 aliphatic heterocycles. The first kappa shape index (κ1) is 29.2. The third-order valence-electron chi connectivity index (χ3n) is 6.47. The van der Waals surface area contributed by atoms with Gasteiger partial charge in [0.15, 0.2) is 17.4 Å². The van der Waals surface area contributed by atoms with Gasteiger partial charge in [0.2, 0.25) is 11.8 Å². The smallest absolute Gasteiger partial charge is 0.459 e. The van der Waals surface area contributed by atoms with Crippen molar-refractivity contribution in [1.82, 2.24) is 24.6 Å². The lowest BCUT2D eigenvalue weighted by molar-refractivity contribution is -0.183. The maximum atomic E-state index is 13.9. The van der Waals surface area contributed by atoms with E-state index in [-0.39, 0.29) is 30.3 Å². The van der Waals surface area contributed by atoms with Gasteiger partial charge in [-0.1, -0.05) is 18.2 Å². The number of aromatic nitrogens is 4. The Morgan fingerprint density at radius 1 is 1.29 bits per heavy atom. The second kappa shape index (κ2) is 11.5. The van der Waals surface area contributed by atoms with Crippen LogP contribution in [0.4, 0.5) is 5.95 Å². The summed E-state index contributed by atoms with van der Waals surface area (Å²) in [7, 11) is -4.22. The Kier molecular flexibility index (Phi) is 8.19. The largest absolute Gasteiger partial charge is 0.476 e. The first-order chi connectivity index (χ1) is 19.5. The summed E-state index contributed by atoms with van der Waals surface area (Å²) >= 11 is 0. The Balaban J connectivity index is 1.38. The van der Waals surface area contributed by atoms with E-state index in [1.807, 2.05) is 0 Å². The molecule has 4 heterocycles. The number of hydrogen-bond acceptors (Lipinski definition) is 13. The number of carbonyl (C=O) groups excluding carboxylic acids is 1. The lowest BCUT2D eigenvalue weighted by atomic mass is 10.0. The molecule has 5 rings (SSSR count). The van der Waals surface area contributed by atoms with E-state index in [2.05, 4.69) is 20.0 Å². The van der Waals surface area contributed by atoms with Crippen molar-refractivity contribution in [3.63, 3.8) is 0 Å². The van der Waals surface area contributed by atoms with Crippen LogP contribution in [0.25, 0.3) is 11.2 Å². The number of para-hydroxylation sites is 1. The number of rotatable bonds is 12. The van der Waals surface area contributed by atoms with Gasteiger partial charge in [-0.25, -0.2) is 9.55 Å². The zero-order valence-corrected chi connectivity index (χ0v) is 23.9. The molecule has 4 N–H and O–H groups in total. The Morgan fingerprint density at radius 3 is 2.76 bits per heavy atom. The molecule has 1 unspecified atom stereocenters. The summed E-state index contributed by atoms with van der Waals surface area (Å²) in [5.74, 6) is -0.212. The molecule has 41 heavy (non-hydrogen) atoms. The number of ether oxygens (including phenoxy) is 4. The van der Waals surface area contributed by atoms with Crippen molar-refractivity contribution in [1.29, 1.82) is 0 Å². The first-order valence-corrected chi connectivity index (χ1v) is 14.7. The average Bonchev–Trinajstić information content (AvgIpc) is 3.57. The van der Waals surface area contributed by atoms with Crippen LogP contribution in [0.5, 0.6) is 11.6 Å². The van der Waals surface area contributed by atoms with Crippen LogP contribution in [0.2, 0.25) is 0 Å². The van der Waals surface area contributed by atoms with Crippen molar-refractivity contribution in [2.24, 2.45) is 0 Å². The Labute approximate surface area is 235 Å². The van der Waals surface area contributed by atoms with Crippen LogP contribution in [0.1, 0.15) is 33.9 Å². The fraction of sp³-hybridized carbons (Fsp3) is 0.520. The van der Waals surface area contributed by atoms with Gasteiger partial charge in [0.25, 0.3) is 0 Å². The van der Waals surface area contributed by atoms with E-state index in [4.69, 9.17) is 33.7 Å². The summed E-state index contributed by atoms with van der Waals surface area (Å²) in [5.41, 5.74) is 5.15. The van der Waals surface area contributed by atoms with Crippen LogP contribution < -0.4 is 20.1 Å². The minimum atomic E-state index is -4.22. The molecule has 2 aliphatic rings. The molecule has 0 radical (unpaired) electrons. The van der Waals surface area contributed by atoms with Crippen LogP contribution in [0, 0.1) is 0 Å². The predicted molar refractivity (Wildman–Crippen MR) is 144 cm³/mol. The number of anilines is 1. The van der Waals surface area contributed by atoms with Crippen LogP contribution in [0.15, 0.2) is 36.7 Å². The highest BCUT2D eigenvalue weighted by atomic mass is 31.2. The number of nitrogens with zero attached hydrogens (tertiary/aromatic N) is 4. The van der Waals surface area contributed by atoms with Crippen molar-refractivity contribution in [3.8, 4) is 11.6 Å². The van der Waals surface area contributed by atoms with Gasteiger partial charge in [-0.3, -0.25) is 13.9 Å². The number of nitrogen functional groups attached to an aromatic ring is 1. The van der Waals surface area contributed by atoms with E-state index in [9.17, 15) is 14.5 Å². The zero-order chi connectivity index (χ0) is 29.4. The average molecular weight is 593 g/mol. The van der Waals surface area contributed by atoms with Crippen LogP contribution in [-0.4, -0.2) is 80.4 Å². The molecule has 2 fully saturated rings. The van der Waals surface area contributed by atoms with Crippen LogP contribution >= 0.6 is 7.75 Å². The van der Waals surface area contributed by atoms with Crippen LogP contribution in [-0.2, 0) is 28.1 Å². The van der Waals surface area contributed by atoms with E-state index in [0.717, 1.165) is 0 Å². The highest BCUT2D eigenvalue weighted by Crippen LogP contribution is 2.51. The number of benzene rings is 1. The molecule has 1 aromatic carbocycles. The number of imidazole rings is 1. The number of hydrogen-bond donors (Lipinski definition) is 3. The fourth-order valence-corrected chi connectivity index (χ4v) is 6.15. The molecule has 2 saturated heterocycles. The highest BCUT2D eigenvalue weighted by molar-refractivity contribution is 7.52. The monoisotopic (exact) mass is 592 g/mol. The lowest BCUT2D eigenvalue weighted by Gasteiger charge is -2.32. The number of nitrogens with two attached hydrogens (primary N) is 1. The van der Waals surface area contributed by atoms with Crippen molar-refractivity contribution in [3.05, 3.63) is 36.7 Å². The first-order valence-electron chi connectivity index (χ1n) is 13.1. The van der Waals surface area contributed by atoms with Crippen molar-refractivity contribution >= 4 is 30.8 Å². The fourth-order valence-electron chi connectivity index (χ4n) is 4.60. The Bertz CT molecular complexity index is 1440.